The van der Waals surface area contributed by atoms with Crippen LogP contribution in [-0.2, 0) is 4.79 Å². The van der Waals surface area contributed by atoms with Gasteiger partial charge < -0.3 is 5.11 Å². The van der Waals surface area contributed by atoms with Crippen LogP contribution < -0.4 is 0 Å². The van der Waals surface area contributed by atoms with Crippen molar-refractivity contribution in [2.24, 2.45) is 0 Å². The van der Waals surface area contributed by atoms with E-state index in [9.17, 15) is 9.90 Å². The van der Waals surface area contributed by atoms with Crippen LogP contribution in [0.4, 0.5) is 0 Å². The fraction of sp³-hybridized carbons (Fsp3) is 0.296. The van der Waals surface area contributed by atoms with Gasteiger partial charge in [0.2, 0.25) is 0 Å². The Bertz CT molecular complexity index is 1020. The second-order valence-electron chi connectivity index (χ2n) is 8.46. The van der Waals surface area contributed by atoms with Crippen molar-refractivity contribution in [1.29, 1.82) is 0 Å². The molecule has 0 aromatic heterocycles. The van der Waals surface area contributed by atoms with Crippen LogP contribution in [0, 0.1) is 6.92 Å². The summed E-state index contributed by atoms with van der Waals surface area (Å²) >= 11 is 0. The second kappa shape index (κ2) is 9.46. The molecule has 4 rings (SSSR count). The number of aryl methyl sites for hydroxylation is 1. The van der Waals surface area contributed by atoms with Crippen molar-refractivity contribution in [3.63, 3.8) is 0 Å². The molecule has 1 N–H and O–H groups in total. The summed E-state index contributed by atoms with van der Waals surface area (Å²) in [7, 11) is 0. The zero-order valence-electron chi connectivity index (χ0n) is 18.2. The van der Waals surface area contributed by atoms with Gasteiger partial charge in [-0.15, -0.1) is 0 Å². The number of aliphatic carboxylic acids is 1. The van der Waals surface area contributed by atoms with Gasteiger partial charge in [0.15, 0.2) is 0 Å². The largest absolute Gasteiger partial charge is 0.480 e. The molecule has 1 aliphatic rings. The lowest BCUT2D eigenvalue weighted by molar-refractivity contribution is -0.139. The number of carboxylic acid groups (broad SMARTS) is 1. The normalized spacial score (nSPS) is 18.6. The minimum atomic E-state index is -0.758. The molecule has 0 unspecified atom stereocenters. The molecule has 2 atom stereocenters. The number of nitrogens with zero attached hydrogens (tertiary/aromatic N) is 2. The van der Waals surface area contributed by atoms with Gasteiger partial charge in [0.05, 0.1) is 12.6 Å². The van der Waals surface area contributed by atoms with Gasteiger partial charge in [-0.25, -0.2) is 0 Å². The predicted molar refractivity (Wildman–Crippen MR) is 125 cm³/mol. The molecule has 0 bridgehead atoms. The highest BCUT2D eigenvalue weighted by Crippen LogP contribution is 2.32. The molecule has 0 radical (unpaired) electrons. The minimum Gasteiger partial charge on any atom is -0.480 e. The summed E-state index contributed by atoms with van der Waals surface area (Å²) in [5.74, 6) is -0.758. The molecule has 0 amide bonds. The molecule has 3 aromatic carbocycles. The average molecular weight is 415 g/mol. The number of rotatable bonds is 6. The van der Waals surface area contributed by atoms with Crippen LogP contribution in [0.3, 0.4) is 0 Å². The van der Waals surface area contributed by atoms with Crippen molar-refractivity contribution in [3.05, 3.63) is 95.6 Å². The van der Waals surface area contributed by atoms with E-state index in [0.717, 1.165) is 19.6 Å². The van der Waals surface area contributed by atoms with Crippen LogP contribution in [0.5, 0.6) is 0 Å². The number of piperazine rings is 1. The monoisotopic (exact) mass is 414 g/mol. The molecule has 1 saturated heterocycles. The Labute approximate surface area is 184 Å². The van der Waals surface area contributed by atoms with Gasteiger partial charge in [-0.3, -0.25) is 14.6 Å². The third kappa shape index (κ3) is 4.87. The fourth-order valence-electron chi connectivity index (χ4n) is 4.66. The minimum absolute atomic E-state index is 0.107. The van der Waals surface area contributed by atoms with Crippen molar-refractivity contribution < 1.29 is 9.90 Å². The summed E-state index contributed by atoms with van der Waals surface area (Å²) in [6.07, 6.45) is 0. The summed E-state index contributed by atoms with van der Waals surface area (Å²) in [6, 6.07) is 28.4. The van der Waals surface area contributed by atoms with Gasteiger partial charge in [-0.05, 0) is 41.7 Å². The van der Waals surface area contributed by atoms with E-state index in [1.54, 1.807) is 0 Å². The van der Waals surface area contributed by atoms with Gasteiger partial charge in [0.1, 0.15) is 0 Å². The van der Waals surface area contributed by atoms with Crippen LogP contribution in [0.1, 0.15) is 29.7 Å². The van der Waals surface area contributed by atoms with E-state index in [0.29, 0.717) is 0 Å². The van der Waals surface area contributed by atoms with Gasteiger partial charge in [0.25, 0.3) is 0 Å². The maximum Gasteiger partial charge on any atom is 0.317 e. The summed E-state index contributed by atoms with van der Waals surface area (Å²) in [5.41, 5.74) is 6.31. The Hall–Kier alpha value is -2.95. The quantitative estimate of drug-likeness (QED) is 0.627. The molecule has 160 valence electrons. The van der Waals surface area contributed by atoms with E-state index in [2.05, 4.69) is 103 Å². The SMILES string of the molecule is Cc1ccccc1-c1ccc([C@@H](c2ccccc2)N2CCN(CC(=O)O)[C@H](C)C2)cc1. The van der Waals surface area contributed by atoms with Crippen LogP contribution in [0.25, 0.3) is 11.1 Å². The molecule has 0 aliphatic carbocycles. The van der Waals surface area contributed by atoms with Gasteiger partial charge in [-0.1, -0.05) is 78.9 Å². The van der Waals surface area contributed by atoms with E-state index in [-0.39, 0.29) is 18.6 Å². The van der Waals surface area contributed by atoms with E-state index in [4.69, 9.17) is 0 Å². The molecule has 4 nitrogen and oxygen atoms in total. The van der Waals surface area contributed by atoms with E-state index in [1.165, 1.54) is 27.8 Å². The smallest absolute Gasteiger partial charge is 0.317 e. The number of hydrogen-bond donors (Lipinski definition) is 1. The topological polar surface area (TPSA) is 43.8 Å². The highest BCUT2D eigenvalue weighted by molar-refractivity contribution is 5.69. The van der Waals surface area contributed by atoms with Gasteiger partial charge >= 0.3 is 5.97 Å². The molecule has 31 heavy (non-hydrogen) atoms. The standard InChI is InChI=1S/C27H30N2O2/c1-20-8-6-7-11-25(20)22-12-14-24(15-13-22)27(23-9-4-3-5-10-23)29-17-16-28(19-26(30)31)21(2)18-29/h3-15,21,27H,16-19H2,1-2H3,(H,30,31)/t21-,27-/m1/s1. The Balaban J connectivity index is 1.62. The molecule has 4 heteroatoms. The van der Waals surface area contributed by atoms with Crippen LogP contribution >= 0.6 is 0 Å². The molecule has 1 aliphatic heterocycles. The lowest BCUT2D eigenvalue weighted by atomic mass is 9.93. The van der Waals surface area contributed by atoms with Crippen LogP contribution in [0.15, 0.2) is 78.9 Å². The first-order chi connectivity index (χ1) is 15.0. The molecular weight excluding hydrogens is 384 g/mol. The van der Waals surface area contributed by atoms with Crippen molar-refractivity contribution in [1.82, 2.24) is 9.80 Å². The highest BCUT2D eigenvalue weighted by Gasteiger charge is 2.31. The van der Waals surface area contributed by atoms with Crippen molar-refractivity contribution in [2.75, 3.05) is 26.2 Å². The molecule has 0 spiro atoms. The van der Waals surface area contributed by atoms with Crippen molar-refractivity contribution >= 4 is 5.97 Å². The summed E-state index contributed by atoms with van der Waals surface area (Å²) in [4.78, 5) is 15.7. The van der Waals surface area contributed by atoms with E-state index in [1.807, 2.05) is 0 Å². The Kier molecular flexibility index (Phi) is 6.50. The van der Waals surface area contributed by atoms with Crippen LogP contribution in [-0.4, -0.2) is 53.1 Å². The molecular formula is C27H30N2O2. The summed E-state index contributed by atoms with van der Waals surface area (Å²) in [5, 5.41) is 9.20. The van der Waals surface area contributed by atoms with Crippen LogP contribution in [0.2, 0.25) is 0 Å². The Morgan fingerprint density at radius 3 is 2.23 bits per heavy atom. The zero-order chi connectivity index (χ0) is 21.8. The third-order valence-corrected chi connectivity index (χ3v) is 6.30. The maximum atomic E-state index is 11.2. The average Bonchev–Trinajstić information content (AvgIpc) is 2.77. The predicted octanol–water partition coefficient (Wildman–Crippen LogP) is 4.84. The number of benzene rings is 3. The van der Waals surface area contributed by atoms with Crippen molar-refractivity contribution in [2.45, 2.75) is 25.9 Å². The van der Waals surface area contributed by atoms with E-state index < -0.39 is 5.97 Å². The maximum absolute atomic E-state index is 11.2. The zero-order valence-corrected chi connectivity index (χ0v) is 18.2. The number of carbonyl (C=O) groups is 1. The lowest BCUT2D eigenvalue weighted by Gasteiger charge is -2.43. The van der Waals surface area contributed by atoms with Crippen molar-refractivity contribution in [3.8, 4) is 11.1 Å². The summed E-state index contributed by atoms with van der Waals surface area (Å²) in [6.45, 7) is 6.82. The Morgan fingerprint density at radius 2 is 1.58 bits per heavy atom. The van der Waals surface area contributed by atoms with Gasteiger partial charge in [0, 0.05) is 25.7 Å². The molecule has 0 saturated carbocycles. The fourth-order valence-corrected chi connectivity index (χ4v) is 4.66. The highest BCUT2D eigenvalue weighted by atomic mass is 16.4. The molecule has 3 aromatic rings. The Morgan fingerprint density at radius 1 is 0.935 bits per heavy atom. The number of carboxylic acids is 1. The first-order valence-electron chi connectivity index (χ1n) is 10.9. The third-order valence-electron chi connectivity index (χ3n) is 6.30. The first-order valence-corrected chi connectivity index (χ1v) is 10.9. The summed E-state index contributed by atoms with van der Waals surface area (Å²) < 4.78 is 0. The first kappa shape index (κ1) is 21.3. The molecule has 1 fully saturated rings. The second-order valence-corrected chi connectivity index (χ2v) is 8.46. The van der Waals surface area contributed by atoms with E-state index >= 15 is 0 Å². The molecule has 1 heterocycles. The van der Waals surface area contributed by atoms with Gasteiger partial charge in [-0.2, -0.15) is 0 Å². The lowest BCUT2D eigenvalue weighted by Crippen LogP contribution is -2.54. The number of hydrogen-bond acceptors (Lipinski definition) is 3.